The van der Waals surface area contributed by atoms with Crippen LogP contribution < -0.4 is 15.8 Å². The number of amides is 1. The van der Waals surface area contributed by atoms with Crippen molar-refractivity contribution in [3.05, 3.63) is 40.9 Å². The molecular formula is C14H10BrN3O3S. The molecule has 0 aliphatic rings. The van der Waals surface area contributed by atoms with Crippen LogP contribution in [0.4, 0.5) is 15.6 Å². The predicted octanol–water partition coefficient (Wildman–Crippen LogP) is 4.52. The van der Waals surface area contributed by atoms with Crippen molar-refractivity contribution >= 4 is 54.4 Å². The van der Waals surface area contributed by atoms with Gasteiger partial charge in [-0.25, -0.2) is 9.78 Å². The van der Waals surface area contributed by atoms with E-state index in [0.29, 0.717) is 27.8 Å². The van der Waals surface area contributed by atoms with Gasteiger partial charge in [0.25, 0.3) is 0 Å². The Morgan fingerprint density at radius 1 is 1.27 bits per heavy atom. The summed E-state index contributed by atoms with van der Waals surface area (Å²) in [5.41, 5.74) is 6.98. The first kappa shape index (κ1) is 14.6. The van der Waals surface area contributed by atoms with Gasteiger partial charge >= 0.3 is 6.09 Å². The number of hydrogen-bond donors (Lipinski definition) is 3. The number of nitrogen functional groups attached to an aromatic ring is 1. The number of halogens is 1. The van der Waals surface area contributed by atoms with Crippen LogP contribution in [0.5, 0.6) is 11.5 Å². The summed E-state index contributed by atoms with van der Waals surface area (Å²) in [7, 11) is 0. The van der Waals surface area contributed by atoms with Gasteiger partial charge in [0.2, 0.25) is 0 Å². The minimum absolute atomic E-state index is 0.313. The number of thiazole rings is 1. The third kappa shape index (κ3) is 3.12. The number of rotatable bonds is 3. The third-order valence-corrected chi connectivity index (χ3v) is 4.27. The van der Waals surface area contributed by atoms with Crippen LogP contribution in [0.1, 0.15) is 0 Å². The van der Waals surface area contributed by atoms with E-state index in [4.69, 9.17) is 15.6 Å². The zero-order valence-corrected chi connectivity index (χ0v) is 13.4. The molecule has 6 nitrogen and oxygen atoms in total. The second-order valence-corrected chi connectivity index (χ2v) is 6.26. The maximum atomic E-state index is 10.7. The van der Waals surface area contributed by atoms with Gasteiger partial charge in [-0.2, -0.15) is 0 Å². The second-order valence-electron chi connectivity index (χ2n) is 4.37. The van der Waals surface area contributed by atoms with Crippen LogP contribution in [0.15, 0.2) is 40.9 Å². The summed E-state index contributed by atoms with van der Waals surface area (Å²) in [6, 6.07) is 10.6. The molecule has 112 valence electrons. The van der Waals surface area contributed by atoms with E-state index in [1.807, 2.05) is 0 Å². The molecular weight excluding hydrogens is 370 g/mol. The van der Waals surface area contributed by atoms with E-state index in [9.17, 15) is 4.79 Å². The van der Waals surface area contributed by atoms with Crippen molar-refractivity contribution in [2.45, 2.75) is 0 Å². The van der Waals surface area contributed by atoms with Gasteiger partial charge in [0.15, 0.2) is 5.13 Å². The average Bonchev–Trinajstić information content (AvgIpc) is 2.83. The molecule has 0 unspecified atom stereocenters. The molecule has 0 saturated heterocycles. The number of fused-ring (bicyclic) bond motifs is 1. The van der Waals surface area contributed by atoms with Crippen LogP contribution in [0.25, 0.3) is 10.2 Å². The highest BCUT2D eigenvalue weighted by atomic mass is 79.9. The molecule has 1 aromatic heterocycles. The van der Waals surface area contributed by atoms with Gasteiger partial charge in [-0.05, 0) is 46.3 Å². The molecule has 8 heteroatoms. The van der Waals surface area contributed by atoms with Crippen molar-refractivity contribution in [2.24, 2.45) is 0 Å². The van der Waals surface area contributed by atoms with Gasteiger partial charge in [0.1, 0.15) is 11.5 Å². The lowest BCUT2D eigenvalue weighted by Crippen LogP contribution is -2.06. The lowest BCUT2D eigenvalue weighted by atomic mass is 10.3. The van der Waals surface area contributed by atoms with E-state index in [1.165, 1.54) is 11.3 Å². The molecule has 0 fully saturated rings. The summed E-state index contributed by atoms with van der Waals surface area (Å²) < 4.78 is 7.31. The Morgan fingerprint density at radius 3 is 2.68 bits per heavy atom. The first-order valence-electron chi connectivity index (χ1n) is 6.15. The molecule has 0 spiro atoms. The highest BCUT2D eigenvalue weighted by Crippen LogP contribution is 2.36. The highest BCUT2D eigenvalue weighted by molar-refractivity contribution is 9.10. The fraction of sp³-hybridized carbons (Fsp3) is 0. The molecule has 1 amide bonds. The van der Waals surface area contributed by atoms with E-state index in [0.717, 1.165) is 9.17 Å². The molecule has 0 saturated carbocycles. The fourth-order valence-electron chi connectivity index (χ4n) is 1.84. The van der Waals surface area contributed by atoms with Crippen LogP contribution in [-0.4, -0.2) is 16.2 Å². The molecule has 2 aromatic carbocycles. The second kappa shape index (κ2) is 5.82. The van der Waals surface area contributed by atoms with Gasteiger partial charge in [-0.3, -0.25) is 5.32 Å². The summed E-state index contributed by atoms with van der Waals surface area (Å²) in [4.78, 5) is 14.9. The normalized spacial score (nSPS) is 10.6. The number of anilines is 2. The number of carboxylic acid groups (broad SMARTS) is 1. The van der Waals surface area contributed by atoms with Crippen molar-refractivity contribution in [3.63, 3.8) is 0 Å². The van der Waals surface area contributed by atoms with Crippen LogP contribution in [-0.2, 0) is 0 Å². The molecule has 22 heavy (non-hydrogen) atoms. The zero-order valence-electron chi connectivity index (χ0n) is 11.0. The van der Waals surface area contributed by atoms with Crippen molar-refractivity contribution < 1.29 is 14.6 Å². The quantitative estimate of drug-likeness (QED) is 0.581. The first-order valence-corrected chi connectivity index (χ1v) is 7.75. The van der Waals surface area contributed by atoms with Crippen molar-refractivity contribution in [1.29, 1.82) is 0 Å². The number of nitrogens with two attached hydrogens (primary N) is 1. The molecule has 4 N–H and O–H groups in total. The van der Waals surface area contributed by atoms with Crippen LogP contribution in [0, 0.1) is 0 Å². The van der Waals surface area contributed by atoms with E-state index in [2.05, 4.69) is 26.2 Å². The summed E-state index contributed by atoms with van der Waals surface area (Å²) in [5, 5.41) is 11.3. The lowest BCUT2D eigenvalue weighted by molar-refractivity contribution is 0.209. The number of carbonyl (C=O) groups is 1. The summed E-state index contributed by atoms with van der Waals surface area (Å²) in [6.45, 7) is 0. The van der Waals surface area contributed by atoms with Crippen LogP contribution >= 0.6 is 27.3 Å². The maximum absolute atomic E-state index is 10.7. The van der Waals surface area contributed by atoms with E-state index in [-0.39, 0.29) is 0 Å². The number of nitrogens with one attached hydrogen (secondary N) is 1. The summed E-state index contributed by atoms with van der Waals surface area (Å²) in [6.07, 6.45) is -1.14. The fourth-order valence-corrected chi connectivity index (χ4v) is 3.41. The van der Waals surface area contributed by atoms with E-state index < -0.39 is 6.09 Å². The molecule has 1 heterocycles. The largest absolute Gasteiger partial charge is 0.465 e. The Morgan fingerprint density at radius 2 is 2.00 bits per heavy atom. The maximum Gasteiger partial charge on any atom is 0.410 e. The molecule has 0 aliphatic carbocycles. The minimum atomic E-state index is -1.14. The van der Waals surface area contributed by atoms with E-state index >= 15 is 0 Å². The third-order valence-electron chi connectivity index (χ3n) is 2.75. The number of ether oxygens (including phenoxy) is 1. The highest BCUT2D eigenvalue weighted by Gasteiger charge is 2.11. The summed E-state index contributed by atoms with van der Waals surface area (Å²) >= 11 is 4.66. The Bertz CT molecular complexity index is 848. The van der Waals surface area contributed by atoms with Gasteiger partial charge in [0.05, 0.1) is 10.2 Å². The predicted molar refractivity (Wildman–Crippen MR) is 89.9 cm³/mol. The Labute approximate surface area is 137 Å². The van der Waals surface area contributed by atoms with E-state index in [1.54, 1.807) is 36.4 Å². The number of aromatic nitrogens is 1. The monoisotopic (exact) mass is 379 g/mol. The summed E-state index contributed by atoms with van der Waals surface area (Å²) in [5.74, 6) is 1.28. The number of nitrogens with zero attached hydrogens (tertiary/aromatic N) is 1. The standard InChI is InChI=1S/C14H10BrN3O3S/c15-10-5-9(21-8-3-1-7(16)2-4-8)6-11-12(10)17-13(22-11)18-14(19)20/h1-6H,16H2,(H,17,18)(H,19,20). The average molecular weight is 380 g/mol. The van der Waals surface area contributed by atoms with Gasteiger partial charge < -0.3 is 15.6 Å². The number of benzene rings is 2. The van der Waals surface area contributed by atoms with Gasteiger partial charge in [-0.1, -0.05) is 11.3 Å². The Balaban J connectivity index is 1.93. The molecule has 3 aromatic rings. The molecule has 0 atom stereocenters. The first-order chi connectivity index (χ1) is 10.5. The van der Waals surface area contributed by atoms with Crippen LogP contribution in [0.2, 0.25) is 0 Å². The Hall–Kier alpha value is -2.32. The molecule has 3 rings (SSSR count). The van der Waals surface area contributed by atoms with Crippen molar-refractivity contribution in [1.82, 2.24) is 4.98 Å². The van der Waals surface area contributed by atoms with Crippen molar-refractivity contribution in [3.8, 4) is 11.5 Å². The Kier molecular flexibility index (Phi) is 3.86. The lowest BCUT2D eigenvalue weighted by Gasteiger charge is -2.06. The zero-order chi connectivity index (χ0) is 15.7. The smallest absolute Gasteiger partial charge is 0.410 e. The van der Waals surface area contributed by atoms with Crippen LogP contribution in [0.3, 0.4) is 0 Å². The SMILES string of the molecule is Nc1ccc(Oc2cc(Br)c3nc(NC(=O)O)sc3c2)cc1. The molecule has 0 radical (unpaired) electrons. The van der Waals surface area contributed by atoms with Crippen molar-refractivity contribution in [2.75, 3.05) is 11.1 Å². The van der Waals surface area contributed by atoms with Gasteiger partial charge in [-0.15, -0.1) is 0 Å². The molecule has 0 aliphatic heterocycles. The minimum Gasteiger partial charge on any atom is -0.465 e. The topological polar surface area (TPSA) is 97.5 Å². The number of hydrogen-bond acceptors (Lipinski definition) is 5. The molecule has 0 bridgehead atoms. The van der Waals surface area contributed by atoms with Gasteiger partial charge in [0, 0.05) is 16.2 Å².